The third kappa shape index (κ3) is 4.10. The van der Waals surface area contributed by atoms with Gasteiger partial charge in [0.25, 0.3) is 0 Å². The number of nitrogens with two attached hydrogens (primary N) is 1. The summed E-state index contributed by atoms with van der Waals surface area (Å²) in [6.45, 7) is 2.36. The van der Waals surface area contributed by atoms with Crippen molar-refractivity contribution in [3.63, 3.8) is 0 Å². The maximum absolute atomic E-state index is 6.22. The molecule has 1 aromatic carbocycles. The number of rotatable bonds is 5. The van der Waals surface area contributed by atoms with Crippen LogP contribution in [0.3, 0.4) is 0 Å². The number of hydrogen-bond donors (Lipinski definition) is 1. The summed E-state index contributed by atoms with van der Waals surface area (Å²) in [6, 6.07) is 7.33. The van der Waals surface area contributed by atoms with Gasteiger partial charge in [-0.2, -0.15) is 0 Å². The van der Waals surface area contributed by atoms with E-state index >= 15 is 0 Å². The van der Waals surface area contributed by atoms with Crippen molar-refractivity contribution in [2.24, 2.45) is 5.73 Å². The minimum absolute atomic E-state index is 0.00723. The molecule has 0 saturated heterocycles. The van der Waals surface area contributed by atoms with E-state index in [1.807, 2.05) is 25.1 Å². The second-order valence-corrected chi connectivity index (χ2v) is 5.55. The van der Waals surface area contributed by atoms with Gasteiger partial charge >= 0.3 is 0 Å². The molecule has 20 heavy (non-hydrogen) atoms. The van der Waals surface area contributed by atoms with Gasteiger partial charge in [0.05, 0.1) is 5.02 Å². The molecule has 0 aliphatic carbocycles. The van der Waals surface area contributed by atoms with E-state index < -0.39 is 0 Å². The van der Waals surface area contributed by atoms with Crippen molar-refractivity contribution in [2.75, 3.05) is 0 Å². The van der Waals surface area contributed by atoms with Gasteiger partial charge in [-0.25, -0.2) is 0 Å². The monoisotopic (exact) mass is 310 g/mol. The second-order valence-electron chi connectivity index (χ2n) is 4.70. The van der Waals surface area contributed by atoms with Crippen LogP contribution < -0.4 is 10.5 Å². The van der Waals surface area contributed by atoms with Gasteiger partial charge in [0.2, 0.25) is 0 Å². The third-order valence-corrected chi connectivity index (χ3v) is 3.26. The van der Waals surface area contributed by atoms with E-state index in [0.29, 0.717) is 28.8 Å². The normalized spacial score (nSPS) is 12.2. The van der Waals surface area contributed by atoms with E-state index in [1.165, 1.54) is 0 Å². The predicted octanol–water partition coefficient (Wildman–Crippen LogP) is 3.86. The maximum atomic E-state index is 6.22. The lowest BCUT2D eigenvalue weighted by atomic mass is 10.1. The first-order valence-corrected chi connectivity index (χ1v) is 7.07. The summed E-state index contributed by atoms with van der Waals surface area (Å²) in [6.07, 6.45) is 4.11. The molecule has 0 amide bonds. The molecule has 0 fully saturated rings. The summed E-state index contributed by atoms with van der Waals surface area (Å²) in [7, 11) is 0. The first-order chi connectivity index (χ1) is 9.56. The van der Waals surface area contributed by atoms with Gasteiger partial charge in [0.15, 0.2) is 0 Å². The number of benzene rings is 1. The molecule has 1 atom stereocenters. The molecule has 1 aromatic heterocycles. The Morgan fingerprint density at radius 3 is 2.60 bits per heavy atom. The van der Waals surface area contributed by atoms with Crippen molar-refractivity contribution >= 4 is 23.2 Å². The molecule has 0 saturated carbocycles. The fourth-order valence-electron chi connectivity index (χ4n) is 1.91. The van der Waals surface area contributed by atoms with Gasteiger partial charge in [0.1, 0.15) is 12.4 Å². The van der Waals surface area contributed by atoms with Gasteiger partial charge in [-0.1, -0.05) is 23.2 Å². The minimum Gasteiger partial charge on any atom is -0.487 e. The molecule has 2 N–H and O–H groups in total. The number of ether oxygens (including phenoxy) is 1. The van der Waals surface area contributed by atoms with Gasteiger partial charge in [-0.05, 0) is 48.7 Å². The zero-order valence-corrected chi connectivity index (χ0v) is 12.7. The van der Waals surface area contributed by atoms with Crippen LogP contribution in [-0.2, 0) is 13.0 Å². The molecule has 0 bridgehead atoms. The van der Waals surface area contributed by atoms with Crippen molar-refractivity contribution in [1.82, 2.24) is 4.98 Å². The predicted molar refractivity (Wildman–Crippen MR) is 82.4 cm³/mol. The van der Waals surface area contributed by atoms with Crippen molar-refractivity contribution in [3.8, 4) is 5.75 Å². The third-order valence-electron chi connectivity index (χ3n) is 2.76. The Kier molecular flexibility index (Phi) is 5.24. The van der Waals surface area contributed by atoms with Crippen LogP contribution in [0, 0.1) is 0 Å². The van der Waals surface area contributed by atoms with E-state index in [9.17, 15) is 0 Å². The molecule has 0 radical (unpaired) electrons. The molecular weight excluding hydrogens is 295 g/mol. The van der Waals surface area contributed by atoms with Crippen LogP contribution in [0.4, 0.5) is 0 Å². The van der Waals surface area contributed by atoms with Crippen LogP contribution in [0.5, 0.6) is 5.75 Å². The molecule has 0 aliphatic rings. The molecule has 1 heterocycles. The Bertz CT molecular complexity index is 574. The highest BCUT2D eigenvalue weighted by molar-refractivity contribution is 6.35. The van der Waals surface area contributed by atoms with E-state index in [2.05, 4.69) is 4.98 Å². The van der Waals surface area contributed by atoms with E-state index in [-0.39, 0.29) is 6.04 Å². The maximum Gasteiger partial charge on any atom is 0.141 e. The van der Waals surface area contributed by atoms with Crippen LogP contribution in [0.1, 0.15) is 18.1 Å². The van der Waals surface area contributed by atoms with Gasteiger partial charge < -0.3 is 10.5 Å². The standard InChI is InChI=1S/C15H16Cl2N2O/c1-10(18)6-12-7-13(16)8-14(17)15(12)20-9-11-2-4-19-5-3-11/h2-5,7-8,10H,6,9,18H2,1H3. The smallest absolute Gasteiger partial charge is 0.141 e. The van der Waals surface area contributed by atoms with Crippen molar-refractivity contribution in [3.05, 3.63) is 57.8 Å². The van der Waals surface area contributed by atoms with Crippen LogP contribution >= 0.6 is 23.2 Å². The highest BCUT2D eigenvalue weighted by Crippen LogP contribution is 2.33. The number of halogens is 2. The van der Waals surface area contributed by atoms with Crippen molar-refractivity contribution < 1.29 is 4.74 Å². The Hall–Kier alpha value is -1.29. The SMILES string of the molecule is CC(N)Cc1cc(Cl)cc(Cl)c1OCc1ccncc1. The van der Waals surface area contributed by atoms with Crippen LogP contribution in [-0.4, -0.2) is 11.0 Å². The highest BCUT2D eigenvalue weighted by atomic mass is 35.5. The summed E-state index contributed by atoms with van der Waals surface area (Å²) >= 11 is 12.3. The first-order valence-electron chi connectivity index (χ1n) is 6.31. The lowest BCUT2D eigenvalue weighted by molar-refractivity contribution is 0.302. The first kappa shape index (κ1) is 15.1. The lowest BCUT2D eigenvalue weighted by Gasteiger charge is -2.15. The van der Waals surface area contributed by atoms with Crippen LogP contribution in [0.25, 0.3) is 0 Å². The van der Waals surface area contributed by atoms with Crippen molar-refractivity contribution in [2.45, 2.75) is 26.0 Å². The van der Waals surface area contributed by atoms with E-state index in [1.54, 1.807) is 18.5 Å². The molecule has 106 valence electrons. The molecule has 5 heteroatoms. The average Bonchev–Trinajstić information content (AvgIpc) is 2.38. The van der Waals surface area contributed by atoms with E-state index in [0.717, 1.165) is 11.1 Å². The molecule has 1 unspecified atom stereocenters. The molecule has 0 spiro atoms. The highest BCUT2D eigenvalue weighted by Gasteiger charge is 2.12. The lowest BCUT2D eigenvalue weighted by Crippen LogP contribution is -2.18. The number of aromatic nitrogens is 1. The molecule has 0 aliphatic heterocycles. The van der Waals surface area contributed by atoms with Gasteiger partial charge in [-0.3, -0.25) is 4.98 Å². The van der Waals surface area contributed by atoms with Gasteiger partial charge in [-0.15, -0.1) is 0 Å². The van der Waals surface area contributed by atoms with E-state index in [4.69, 9.17) is 33.7 Å². The number of hydrogen-bond acceptors (Lipinski definition) is 3. The summed E-state index contributed by atoms with van der Waals surface area (Å²) in [5.74, 6) is 0.644. The topological polar surface area (TPSA) is 48.1 Å². The Balaban J connectivity index is 2.21. The summed E-state index contributed by atoms with van der Waals surface area (Å²) in [4.78, 5) is 3.97. The van der Waals surface area contributed by atoms with Crippen LogP contribution in [0.15, 0.2) is 36.7 Å². The number of pyridine rings is 1. The summed E-state index contributed by atoms with van der Waals surface area (Å²) in [5.41, 5.74) is 7.80. The Morgan fingerprint density at radius 2 is 1.95 bits per heavy atom. The van der Waals surface area contributed by atoms with Gasteiger partial charge in [0, 0.05) is 23.5 Å². The zero-order valence-electron chi connectivity index (χ0n) is 11.1. The quantitative estimate of drug-likeness (QED) is 0.912. The molecule has 2 rings (SSSR count). The molecule has 3 nitrogen and oxygen atoms in total. The zero-order chi connectivity index (χ0) is 14.5. The second kappa shape index (κ2) is 6.93. The molecular formula is C15H16Cl2N2O. The summed E-state index contributed by atoms with van der Waals surface area (Å²) < 4.78 is 5.84. The Labute approximate surface area is 128 Å². The number of nitrogens with zero attached hydrogens (tertiary/aromatic N) is 1. The fourth-order valence-corrected chi connectivity index (χ4v) is 2.50. The largest absolute Gasteiger partial charge is 0.487 e. The minimum atomic E-state index is 0.00723. The fraction of sp³-hybridized carbons (Fsp3) is 0.267. The Morgan fingerprint density at radius 1 is 1.25 bits per heavy atom. The molecule has 2 aromatic rings. The summed E-state index contributed by atoms with van der Waals surface area (Å²) in [5, 5.41) is 1.09. The van der Waals surface area contributed by atoms with Crippen LogP contribution in [0.2, 0.25) is 10.0 Å². The van der Waals surface area contributed by atoms with Crippen molar-refractivity contribution in [1.29, 1.82) is 0 Å². The average molecular weight is 311 g/mol.